The predicted molar refractivity (Wildman–Crippen MR) is 61.6 cm³/mol. The molecular weight excluding hydrogens is 212 g/mol. The van der Waals surface area contributed by atoms with Gasteiger partial charge in [0.05, 0.1) is 16.6 Å². The molecule has 3 nitrogen and oxygen atoms in total. The van der Waals surface area contributed by atoms with Crippen LogP contribution in [0.25, 0.3) is 0 Å². The molecule has 1 rings (SSSR count). The Bertz CT molecular complexity index is 403. The van der Waals surface area contributed by atoms with Gasteiger partial charge in [-0.1, -0.05) is 23.6 Å². The van der Waals surface area contributed by atoms with Gasteiger partial charge < -0.3 is 11.1 Å². The number of carbonyl (C=O) groups excluding carboxylic acids is 1. The minimum atomic E-state index is -0.358. The summed E-state index contributed by atoms with van der Waals surface area (Å²) in [5, 5.41) is 2.90. The number of nitrogen functional groups attached to an aromatic ring is 1. The van der Waals surface area contributed by atoms with Gasteiger partial charge in [0, 0.05) is 5.69 Å². The van der Waals surface area contributed by atoms with Crippen molar-refractivity contribution in [1.82, 2.24) is 5.32 Å². The predicted octanol–water partition coefficient (Wildman–Crippen LogP) is 1.67. The van der Waals surface area contributed by atoms with Crippen molar-refractivity contribution in [3.05, 3.63) is 28.8 Å². The molecule has 0 bridgehead atoms. The molecule has 1 aromatic carbocycles. The molecule has 1 aromatic rings. The lowest BCUT2D eigenvalue weighted by molar-refractivity contribution is 0.0949. The van der Waals surface area contributed by atoms with Gasteiger partial charge in [-0.3, -0.25) is 4.79 Å². The number of benzene rings is 1. The zero-order valence-electron chi connectivity index (χ0n) is 8.25. The van der Waals surface area contributed by atoms with Crippen molar-refractivity contribution in [2.75, 3.05) is 5.73 Å². The van der Waals surface area contributed by atoms with Gasteiger partial charge in [0.1, 0.15) is 0 Å². The fourth-order valence-electron chi connectivity index (χ4n) is 1.09. The van der Waals surface area contributed by atoms with Crippen molar-refractivity contribution in [2.24, 2.45) is 0 Å². The number of amides is 1. The molecule has 3 N–H and O–H groups in total. The van der Waals surface area contributed by atoms with Crippen molar-refractivity contribution in [1.29, 1.82) is 0 Å². The molecule has 4 heteroatoms. The number of nitrogens with two attached hydrogens (primary N) is 1. The maximum Gasteiger partial charge on any atom is 0.255 e. The van der Waals surface area contributed by atoms with Gasteiger partial charge in [0.25, 0.3) is 5.91 Å². The van der Waals surface area contributed by atoms with Crippen molar-refractivity contribution < 1.29 is 4.79 Å². The second kappa shape index (κ2) is 4.72. The molecule has 1 unspecified atom stereocenters. The molecule has 0 aromatic heterocycles. The van der Waals surface area contributed by atoms with Crippen LogP contribution >= 0.6 is 11.6 Å². The third kappa shape index (κ3) is 2.64. The van der Waals surface area contributed by atoms with E-state index in [0.717, 1.165) is 0 Å². The third-order valence-corrected chi connectivity index (χ3v) is 2.19. The highest BCUT2D eigenvalue weighted by Crippen LogP contribution is 2.21. The van der Waals surface area contributed by atoms with E-state index in [9.17, 15) is 4.79 Å². The van der Waals surface area contributed by atoms with Crippen molar-refractivity contribution in [3.8, 4) is 12.3 Å². The van der Waals surface area contributed by atoms with Crippen LogP contribution in [0.1, 0.15) is 17.3 Å². The molecule has 0 aliphatic carbocycles. The first-order chi connectivity index (χ1) is 7.06. The third-order valence-electron chi connectivity index (χ3n) is 1.87. The normalized spacial score (nSPS) is 11.5. The van der Waals surface area contributed by atoms with E-state index in [1.165, 1.54) is 0 Å². The van der Waals surface area contributed by atoms with Gasteiger partial charge >= 0.3 is 0 Å². The number of hydrogen-bond donors (Lipinski definition) is 2. The van der Waals surface area contributed by atoms with E-state index in [0.29, 0.717) is 10.7 Å². The van der Waals surface area contributed by atoms with Crippen LogP contribution in [0, 0.1) is 12.3 Å². The van der Waals surface area contributed by atoms with E-state index in [2.05, 4.69) is 11.2 Å². The van der Waals surface area contributed by atoms with Crippen LogP contribution in [0.4, 0.5) is 5.69 Å². The van der Waals surface area contributed by atoms with Crippen molar-refractivity contribution in [3.63, 3.8) is 0 Å². The molecule has 0 saturated carbocycles. The molecule has 0 aliphatic rings. The Kier molecular flexibility index (Phi) is 3.59. The van der Waals surface area contributed by atoms with E-state index in [-0.39, 0.29) is 17.5 Å². The first-order valence-corrected chi connectivity index (χ1v) is 4.75. The summed E-state index contributed by atoms with van der Waals surface area (Å²) in [6, 6.07) is 4.54. The SMILES string of the molecule is C#CC(C)NC(=O)c1c(N)cccc1Cl. The standard InChI is InChI=1S/C11H11ClN2O/c1-3-7(2)14-11(15)10-8(12)5-4-6-9(10)13/h1,4-7H,13H2,2H3,(H,14,15). The Morgan fingerprint density at radius 3 is 2.87 bits per heavy atom. The van der Waals surface area contributed by atoms with Crippen LogP contribution in [-0.2, 0) is 0 Å². The van der Waals surface area contributed by atoms with Gasteiger partial charge in [-0.25, -0.2) is 0 Å². The lowest BCUT2D eigenvalue weighted by atomic mass is 10.1. The summed E-state index contributed by atoms with van der Waals surface area (Å²) in [7, 11) is 0. The molecule has 1 atom stereocenters. The van der Waals surface area contributed by atoms with Crippen molar-refractivity contribution >= 4 is 23.2 Å². The summed E-state index contributed by atoms with van der Waals surface area (Å²) in [5.41, 5.74) is 6.24. The van der Waals surface area contributed by atoms with Crippen LogP contribution in [0.3, 0.4) is 0 Å². The summed E-state index contributed by atoms with van der Waals surface area (Å²) < 4.78 is 0. The van der Waals surface area contributed by atoms with Gasteiger partial charge in [-0.05, 0) is 19.1 Å². The van der Waals surface area contributed by atoms with E-state index in [4.69, 9.17) is 23.8 Å². The fraction of sp³-hybridized carbons (Fsp3) is 0.182. The van der Waals surface area contributed by atoms with E-state index in [1.807, 2.05) is 0 Å². The largest absolute Gasteiger partial charge is 0.398 e. The van der Waals surface area contributed by atoms with Crippen LogP contribution in [0.2, 0.25) is 5.02 Å². The topological polar surface area (TPSA) is 55.1 Å². The monoisotopic (exact) mass is 222 g/mol. The molecular formula is C11H11ClN2O. The van der Waals surface area contributed by atoms with Crippen molar-refractivity contribution in [2.45, 2.75) is 13.0 Å². The molecule has 0 aliphatic heterocycles. The van der Waals surface area contributed by atoms with Gasteiger partial charge in [0.2, 0.25) is 0 Å². The van der Waals surface area contributed by atoms with Crippen LogP contribution in [0.5, 0.6) is 0 Å². The van der Waals surface area contributed by atoms with Crippen LogP contribution in [0.15, 0.2) is 18.2 Å². The second-order valence-corrected chi connectivity index (χ2v) is 3.47. The smallest absolute Gasteiger partial charge is 0.255 e. The Hall–Kier alpha value is -1.66. The van der Waals surface area contributed by atoms with Gasteiger partial charge in [0.15, 0.2) is 0 Å². The average Bonchev–Trinajstić information content (AvgIpc) is 2.17. The number of halogens is 1. The minimum absolute atomic E-state index is 0.265. The molecule has 0 saturated heterocycles. The second-order valence-electron chi connectivity index (χ2n) is 3.07. The highest BCUT2D eigenvalue weighted by Gasteiger charge is 2.14. The number of carbonyl (C=O) groups is 1. The van der Waals surface area contributed by atoms with Gasteiger partial charge in [-0.2, -0.15) is 0 Å². The van der Waals surface area contributed by atoms with E-state index >= 15 is 0 Å². The number of hydrogen-bond acceptors (Lipinski definition) is 2. The number of anilines is 1. The molecule has 1 amide bonds. The zero-order chi connectivity index (χ0) is 11.4. The summed E-state index contributed by atoms with van der Waals surface area (Å²) in [6.45, 7) is 1.70. The maximum absolute atomic E-state index is 11.7. The molecule has 0 radical (unpaired) electrons. The van der Waals surface area contributed by atoms with Crippen LogP contribution < -0.4 is 11.1 Å². The number of terminal acetylenes is 1. The molecule has 15 heavy (non-hydrogen) atoms. The molecule has 0 heterocycles. The lowest BCUT2D eigenvalue weighted by Gasteiger charge is -2.10. The lowest BCUT2D eigenvalue weighted by Crippen LogP contribution is -2.32. The van der Waals surface area contributed by atoms with Gasteiger partial charge in [-0.15, -0.1) is 6.42 Å². The van der Waals surface area contributed by atoms with E-state index in [1.54, 1.807) is 25.1 Å². The Morgan fingerprint density at radius 2 is 2.33 bits per heavy atom. The number of nitrogens with one attached hydrogen (secondary N) is 1. The highest BCUT2D eigenvalue weighted by molar-refractivity contribution is 6.34. The fourth-order valence-corrected chi connectivity index (χ4v) is 1.36. The minimum Gasteiger partial charge on any atom is -0.398 e. The van der Waals surface area contributed by atoms with Crippen LogP contribution in [-0.4, -0.2) is 11.9 Å². The Balaban J connectivity index is 2.97. The summed E-state index contributed by atoms with van der Waals surface area (Å²) in [6.07, 6.45) is 5.15. The Labute approximate surface area is 93.6 Å². The molecule has 78 valence electrons. The average molecular weight is 223 g/mol. The maximum atomic E-state index is 11.7. The summed E-state index contributed by atoms with van der Waals surface area (Å²) >= 11 is 5.86. The molecule has 0 spiro atoms. The number of rotatable bonds is 2. The quantitative estimate of drug-likeness (QED) is 0.591. The van der Waals surface area contributed by atoms with E-state index < -0.39 is 0 Å². The highest BCUT2D eigenvalue weighted by atomic mass is 35.5. The zero-order valence-corrected chi connectivity index (χ0v) is 9.01. The molecule has 0 fully saturated rings. The summed E-state index contributed by atoms with van der Waals surface area (Å²) in [5.74, 6) is 2.03. The first kappa shape index (κ1) is 11.4. The summed E-state index contributed by atoms with van der Waals surface area (Å²) in [4.78, 5) is 11.7. The Morgan fingerprint density at radius 1 is 1.67 bits per heavy atom. The first-order valence-electron chi connectivity index (χ1n) is 4.37.